The highest BCUT2D eigenvalue weighted by atomic mass is 19.1. The van der Waals surface area contributed by atoms with Crippen LogP contribution >= 0.6 is 0 Å². The number of carbonyl (C=O) groups excluding carboxylic acids is 2. The van der Waals surface area contributed by atoms with Crippen molar-refractivity contribution in [3.05, 3.63) is 65.0 Å². The third kappa shape index (κ3) is 3.74. The lowest BCUT2D eigenvalue weighted by Gasteiger charge is -2.17. The Morgan fingerprint density at radius 1 is 1.17 bits per heavy atom. The average molecular weight is 312 g/mol. The van der Waals surface area contributed by atoms with Gasteiger partial charge < -0.3 is 10.6 Å². The van der Waals surface area contributed by atoms with Gasteiger partial charge in [-0.3, -0.25) is 9.59 Å². The van der Waals surface area contributed by atoms with E-state index in [1.54, 1.807) is 18.2 Å². The van der Waals surface area contributed by atoms with Crippen LogP contribution in [0.15, 0.2) is 42.5 Å². The molecule has 0 atom stereocenters. The van der Waals surface area contributed by atoms with Crippen molar-refractivity contribution >= 4 is 17.5 Å². The minimum absolute atomic E-state index is 0.0215. The van der Waals surface area contributed by atoms with Gasteiger partial charge >= 0.3 is 0 Å². The lowest BCUT2D eigenvalue weighted by molar-refractivity contribution is -0.120. The van der Waals surface area contributed by atoms with Crippen LogP contribution in [0.5, 0.6) is 0 Å². The van der Waals surface area contributed by atoms with Crippen LogP contribution in [0.1, 0.15) is 23.1 Å². The molecule has 0 fully saturated rings. The Balaban J connectivity index is 1.59. The number of aryl methyl sites for hydroxylation is 1. The van der Waals surface area contributed by atoms with Gasteiger partial charge in [-0.05, 0) is 35.2 Å². The molecule has 0 aliphatic carbocycles. The van der Waals surface area contributed by atoms with Crippen LogP contribution < -0.4 is 10.6 Å². The van der Waals surface area contributed by atoms with Gasteiger partial charge in [0.2, 0.25) is 11.8 Å². The monoisotopic (exact) mass is 312 g/mol. The first kappa shape index (κ1) is 15.2. The number of carbonyl (C=O) groups is 2. The molecular formula is C18H17FN2O2. The van der Waals surface area contributed by atoms with Gasteiger partial charge in [0.25, 0.3) is 0 Å². The Kier molecular flexibility index (Phi) is 4.37. The molecule has 0 bridgehead atoms. The number of nitrogens with one attached hydrogen (secondary N) is 2. The Morgan fingerprint density at radius 3 is 2.83 bits per heavy atom. The molecule has 0 saturated carbocycles. The van der Waals surface area contributed by atoms with Crippen molar-refractivity contribution in [3.63, 3.8) is 0 Å². The molecule has 2 amide bonds. The Bertz CT molecular complexity index is 758. The maximum Gasteiger partial charge on any atom is 0.224 e. The van der Waals surface area contributed by atoms with Crippen molar-refractivity contribution in [3.8, 4) is 0 Å². The van der Waals surface area contributed by atoms with Gasteiger partial charge in [-0.15, -0.1) is 0 Å². The van der Waals surface area contributed by atoms with E-state index in [2.05, 4.69) is 10.6 Å². The summed E-state index contributed by atoms with van der Waals surface area (Å²) in [5.41, 5.74) is 3.26. The van der Waals surface area contributed by atoms with Crippen LogP contribution in [0, 0.1) is 5.82 Å². The first-order valence-electron chi connectivity index (χ1n) is 7.53. The zero-order chi connectivity index (χ0) is 16.2. The second kappa shape index (κ2) is 6.60. The van der Waals surface area contributed by atoms with Crippen LogP contribution in [-0.2, 0) is 29.0 Å². The van der Waals surface area contributed by atoms with Crippen LogP contribution in [0.2, 0.25) is 0 Å². The van der Waals surface area contributed by atoms with Crippen LogP contribution in [0.25, 0.3) is 0 Å². The smallest absolute Gasteiger partial charge is 0.224 e. The van der Waals surface area contributed by atoms with E-state index in [9.17, 15) is 14.0 Å². The maximum absolute atomic E-state index is 13.5. The standard InChI is InChI=1S/C18H17FN2O2/c19-15-4-2-1-3-13(15)10-18(23)20-11-12-5-7-16-14(9-12)6-8-17(22)21-16/h1-5,7,9H,6,8,10-11H2,(H,20,23)(H,21,22). The second-order valence-corrected chi connectivity index (χ2v) is 5.58. The van der Waals surface area contributed by atoms with E-state index in [0.29, 0.717) is 24.9 Å². The van der Waals surface area contributed by atoms with Crippen LogP contribution in [0.4, 0.5) is 10.1 Å². The maximum atomic E-state index is 13.5. The summed E-state index contributed by atoms with van der Waals surface area (Å²) in [6.07, 6.45) is 1.21. The van der Waals surface area contributed by atoms with Gasteiger partial charge in [0.15, 0.2) is 0 Å². The van der Waals surface area contributed by atoms with E-state index < -0.39 is 0 Å². The number of benzene rings is 2. The molecule has 0 spiro atoms. The first-order valence-corrected chi connectivity index (χ1v) is 7.53. The minimum Gasteiger partial charge on any atom is -0.352 e. The SMILES string of the molecule is O=C(Cc1ccccc1F)NCc1ccc2c(c1)CCC(=O)N2. The van der Waals surface area contributed by atoms with E-state index in [1.165, 1.54) is 6.07 Å². The fourth-order valence-corrected chi connectivity index (χ4v) is 2.62. The Morgan fingerprint density at radius 2 is 2.00 bits per heavy atom. The lowest BCUT2D eigenvalue weighted by atomic mass is 10.0. The number of hydrogen-bond donors (Lipinski definition) is 2. The fourth-order valence-electron chi connectivity index (χ4n) is 2.62. The van der Waals surface area contributed by atoms with Crippen molar-refractivity contribution in [1.29, 1.82) is 0 Å². The summed E-state index contributed by atoms with van der Waals surface area (Å²) in [5.74, 6) is -0.559. The minimum atomic E-state index is -0.368. The molecule has 0 radical (unpaired) electrons. The third-order valence-corrected chi connectivity index (χ3v) is 3.86. The molecule has 0 unspecified atom stereocenters. The predicted octanol–water partition coefficient (Wildman–Crippen LogP) is 2.57. The molecule has 3 rings (SSSR count). The Labute approximate surface area is 133 Å². The summed E-state index contributed by atoms with van der Waals surface area (Å²) >= 11 is 0. The highest BCUT2D eigenvalue weighted by Crippen LogP contribution is 2.23. The van der Waals surface area contributed by atoms with E-state index >= 15 is 0 Å². The number of amides is 2. The summed E-state index contributed by atoms with van der Waals surface area (Å²) in [7, 11) is 0. The second-order valence-electron chi connectivity index (χ2n) is 5.58. The number of hydrogen-bond acceptors (Lipinski definition) is 2. The molecule has 2 aromatic rings. The zero-order valence-electron chi connectivity index (χ0n) is 12.6. The van der Waals surface area contributed by atoms with Gasteiger partial charge in [-0.25, -0.2) is 4.39 Å². The summed E-state index contributed by atoms with van der Waals surface area (Å²) in [6.45, 7) is 0.383. The molecule has 2 aromatic carbocycles. The topological polar surface area (TPSA) is 58.2 Å². The fraction of sp³-hybridized carbons (Fsp3) is 0.222. The lowest BCUT2D eigenvalue weighted by Crippen LogP contribution is -2.25. The molecule has 1 heterocycles. The highest BCUT2D eigenvalue weighted by molar-refractivity contribution is 5.93. The van der Waals surface area contributed by atoms with E-state index in [4.69, 9.17) is 0 Å². The van der Waals surface area contributed by atoms with Gasteiger partial charge in [0.05, 0.1) is 6.42 Å². The molecule has 5 heteroatoms. The van der Waals surface area contributed by atoms with Crippen molar-refractivity contribution < 1.29 is 14.0 Å². The molecule has 0 saturated heterocycles. The van der Waals surface area contributed by atoms with Gasteiger partial charge in [-0.2, -0.15) is 0 Å². The van der Waals surface area contributed by atoms with Gasteiger partial charge in [-0.1, -0.05) is 30.3 Å². The third-order valence-electron chi connectivity index (χ3n) is 3.86. The zero-order valence-corrected chi connectivity index (χ0v) is 12.6. The van der Waals surface area contributed by atoms with Gasteiger partial charge in [0, 0.05) is 18.7 Å². The van der Waals surface area contributed by atoms with Crippen molar-refractivity contribution in [1.82, 2.24) is 5.32 Å². The summed E-state index contributed by atoms with van der Waals surface area (Å²) < 4.78 is 13.5. The molecule has 4 nitrogen and oxygen atoms in total. The van der Waals surface area contributed by atoms with Crippen molar-refractivity contribution in [2.75, 3.05) is 5.32 Å². The van der Waals surface area contributed by atoms with Crippen LogP contribution in [-0.4, -0.2) is 11.8 Å². The largest absolute Gasteiger partial charge is 0.352 e. The van der Waals surface area contributed by atoms with Crippen molar-refractivity contribution in [2.45, 2.75) is 25.8 Å². The predicted molar refractivity (Wildman–Crippen MR) is 85.3 cm³/mol. The molecule has 118 valence electrons. The normalized spacial score (nSPS) is 13.2. The molecule has 1 aliphatic rings. The van der Waals surface area contributed by atoms with E-state index in [0.717, 1.165) is 16.8 Å². The quantitative estimate of drug-likeness (QED) is 0.911. The number of halogens is 1. The van der Waals surface area contributed by atoms with E-state index in [-0.39, 0.29) is 24.1 Å². The summed E-state index contributed by atoms with van der Waals surface area (Å²) in [4.78, 5) is 23.3. The molecule has 2 N–H and O–H groups in total. The average Bonchev–Trinajstić information content (AvgIpc) is 2.55. The number of anilines is 1. The Hall–Kier alpha value is -2.69. The molecule has 1 aliphatic heterocycles. The molecule has 0 aromatic heterocycles. The van der Waals surface area contributed by atoms with E-state index in [1.807, 2.05) is 18.2 Å². The molecule has 23 heavy (non-hydrogen) atoms. The summed E-state index contributed by atoms with van der Waals surface area (Å²) in [6, 6.07) is 12.0. The van der Waals surface area contributed by atoms with Crippen molar-refractivity contribution in [2.24, 2.45) is 0 Å². The first-order chi connectivity index (χ1) is 11.1. The van der Waals surface area contributed by atoms with Gasteiger partial charge in [0.1, 0.15) is 5.82 Å². The van der Waals surface area contributed by atoms with Crippen LogP contribution in [0.3, 0.4) is 0 Å². The number of fused-ring (bicyclic) bond motifs is 1. The summed E-state index contributed by atoms with van der Waals surface area (Å²) in [5, 5.41) is 5.62. The highest BCUT2D eigenvalue weighted by Gasteiger charge is 2.15. The molecular weight excluding hydrogens is 295 g/mol. The number of rotatable bonds is 4.